The van der Waals surface area contributed by atoms with Crippen molar-refractivity contribution in [3.05, 3.63) is 0 Å². The summed E-state index contributed by atoms with van der Waals surface area (Å²) in [6, 6.07) is 0.802. The van der Waals surface area contributed by atoms with Crippen molar-refractivity contribution in [1.82, 2.24) is 5.32 Å². The molecule has 0 heterocycles. The molecule has 2 aliphatic rings. The fraction of sp³-hybridized carbons (Fsp3) is 1.00. The molecule has 0 saturated heterocycles. The van der Waals surface area contributed by atoms with Crippen molar-refractivity contribution < 1.29 is 0 Å². The summed E-state index contributed by atoms with van der Waals surface area (Å²) in [5, 5.41) is 3.96. The summed E-state index contributed by atoms with van der Waals surface area (Å²) < 4.78 is 0. The van der Waals surface area contributed by atoms with E-state index in [9.17, 15) is 0 Å². The summed E-state index contributed by atoms with van der Waals surface area (Å²) in [6.45, 7) is 10.9. The van der Waals surface area contributed by atoms with E-state index in [2.05, 4.69) is 33.0 Å². The van der Waals surface area contributed by atoms with Crippen LogP contribution in [0.5, 0.6) is 0 Å². The molecule has 1 nitrogen and oxygen atoms in total. The molecule has 3 unspecified atom stereocenters. The number of nitrogens with one attached hydrogen (secondary N) is 1. The van der Waals surface area contributed by atoms with E-state index in [4.69, 9.17) is 0 Å². The molecule has 0 aromatic heterocycles. The standard InChI is InChI=1S/C18H35N/c1-14(2)12-18(9-5-6-10-18)13-19-17-8-7-15(3)16(4)11-17/h14-17,19H,5-13H2,1-4H3. The fourth-order valence-corrected chi connectivity index (χ4v) is 4.54. The zero-order valence-corrected chi connectivity index (χ0v) is 13.7. The van der Waals surface area contributed by atoms with E-state index < -0.39 is 0 Å². The largest absolute Gasteiger partial charge is 0.313 e. The van der Waals surface area contributed by atoms with Crippen LogP contribution in [0.15, 0.2) is 0 Å². The first kappa shape index (κ1) is 15.4. The third-order valence-corrected chi connectivity index (χ3v) is 5.87. The van der Waals surface area contributed by atoms with Gasteiger partial charge in [0, 0.05) is 12.6 Å². The van der Waals surface area contributed by atoms with Gasteiger partial charge in [-0.3, -0.25) is 0 Å². The van der Waals surface area contributed by atoms with E-state index in [1.165, 1.54) is 57.9 Å². The third kappa shape index (κ3) is 4.21. The van der Waals surface area contributed by atoms with Crippen LogP contribution < -0.4 is 5.32 Å². The van der Waals surface area contributed by atoms with Gasteiger partial charge in [-0.1, -0.05) is 40.5 Å². The molecule has 0 amide bonds. The Morgan fingerprint density at radius 2 is 1.74 bits per heavy atom. The van der Waals surface area contributed by atoms with Gasteiger partial charge in [0.2, 0.25) is 0 Å². The van der Waals surface area contributed by atoms with Crippen molar-refractivity contribution in [2.24, 2.45) is 23.2 Å². The molecule has 0 spiro atoms. The Morgan fingerprint density at radius 1 is 1.05 bits per heavy atom. The smallest absolute Gasteiger partial charge is 0.00700 e. The van der Waals surface area contributed by atoms with Gasteiger partial charge in [0.25, 0.3) is 0 Å². The van der Waals surface area contributed by atoms with Crippen molar-refractivity contribution in [3.63, 3.8) is 0 Å². The van der Waals surface area contributed by atoms with E-state index in [0.717, 1.165) is 23.8 Å². The third-order valence-electron chi connectivity index (χ3n) is 5.87. The molecule has 0 radical (unpaired) electrons. The molecule has 0 bridgehead atoms. The first-order valence-corrected chi connectivity index (χ1v) is 8.74. The second-order valence-electron chi connectivity index (χ2n) is 8.15. The summed E-state index contributed by atoms with van der Waals surface area (Å²) in [5.41, 5.74) is 0.639. The molecule has 1 N–H and O–H groups in total. The van der Waals surface area contributed by atoms with Crippen molar-refractivity contribution >= 4 is 0 Å². The highest BCUT2D eigenvalue weighted by molar-refractivity contribution is 4.89. The van der Waals surface area contributed by atoms with Crippen molar-refractivity contribution in [2.75, 3.05) is 6.54 Å². The maximum absolute atomic E-state index is 3.96. The quantitative estimate of drug-likeness (QED) is 0.737. The highest BCUT2D eigenvalue weighted by Gasteiger charge is 2.35. The molecular formula is C18H35N. The normalized spacial score (nSPS) is 34.9. The molecule has 2 saturated carbocycles. The van der Waals surface area contributed by atoms with Crippen LogP contribution in [0, 0.1) is 23.2 Å². The van der Waals surface area contributed by atoms with Crippen LogP contribution in [0.3, 0.4) is 0 Å². The van der Waals surface area contributed by atoms with Crippen molar-refractivity contribution in [2.45, 2.75) is 85.1 Å². The Kier molecular flexibility index (Phi) is 5.34. The Bertz CT molecular complexity index is 265. The summed E-state index contributed by atoms with van der Waals surface area (Å²) in [4.78, 5) is 0. The Hall–Kier alpha value is -0.0400. The predicted molar refractivity (Wildman–Crippen MR) is 84.3 cm³/mol. The molecule has 19 heavy (non-hydrogen) atoms. The van der Waals surface area contributed by atoms with Gasteiger partial charge in [-0.2, -0.15) is 0 Å². The van der Waals surface area contributed by atoms with Gasteiger partial charge in [-0.15, -0.1) is 0 Å². The highest BCUT2D eigenvalue weighted by atomic mass is 14.9. The lowest BCUT2D eigenvalue weighted by Gasteiger charge is -2.37. The number of hydrogen-bond acceptors (Lipinski definition) is 1. The summed E-state index contributed by atoms with van der Waals surface area (Å²) in [5.74, 6) is 2.70. The van der Waals surface area contributed by atoms with Crippen LogP contribution in [0.4, 0.5) is 0 Å². The van der Waals surface area contributed by atoms with Crippen LogP contribution in [-0.4, -0.2) is 12.6 Å². The first-order chi connectivity index (χ1) is 9.01. The van der Waals surface area contributed by atoms with Gasteiger partial charge in [-0.25, -0.2) is 0 Å². The lowest BCUT2D eigenvalue weighted by Crippen LogP contribution is -2.42. The van der Waals surface area contributed by atoms with Crippen molar-refractivity contribution in [3.8, 4) is 0 Å². The Labute approximate surface area is 120 Å². The fourth-order valence-electron chi connectivity index (χ4n) is 4.54. The van der Waals surface area contributed by atoms with E-state index in [-0.39, 0.29) is 0 Å². The van der Waals surface area contributed by atoms with E-state index in [0.29, 0.717) is 5.41 Å². The van der Waals surface area contributed by atoms with Crippen LogP contribution in [0.1, 0.15) is 79.1 Å². The van der Waals surface area contributed by atoms with Gasteiger partial charge in [0.05, 0.1) is 0 Å². The second-order valence-corrected chi connectivity index (χ2v) is 8.15. The van der Waals surface area contributed by atoms with Gasteiger partial charge in [-0.05, 0) is 61.7 Å². The minimum absolute atomic E-state index is 0.639. The Morgan fingerprint density at radius 3 is 2.32 bits per heavy atom. The second kappa shape index (κ2) is 6.61. The Balaban J connectivity index is 1.82. The molecule has 2 aliphatic carbocycles. The zero-order chi connectivity index (χ0) is 13.9. The number of rotatable bonds is 5. The molecule has 2 rings (SSSR count). The van der Waals surface area contributed by atoms with E-state index >= 15 is 0 Å². The predicted octanol–water partition coefficient (Wildman–Crippen LogP) is 5.01. The lowest BCUT2D eigenvalue weighted by atomic mass is 9.76. The molecular weight excluding hydrogens is 230 g/mol. The van der Waals surface area contributed by atoms with Gasteiger partial charge in [0.15, 0.2) is 0 Å². The van der Waals surface area contributed by atoms with Crippen molar-refractivity contribution in [1.29, 1.82) is 0 Å². The molecule has 112 valence electrons. The van der Waals surface area contributed by atoms with Crippen LogP contribution >= 0.6 is 0 Å². The molecule has 1 heteroatoms. The minimum atomic E-state index is 0.639. The minimum Gasteiger partial charge on any atom is -0.313 e. The van der Waals surface area contributed by atoms with Crippen LogP contribution in [0.2, 0.25) is 0 Å². The summed E-state index contributed by atoms with van der Waals surface area (Å²) in [6.07, 6.45) is 11.5. The average Bonchev–Trinajstić information content (AvgIpc) is 2.79. The van der Waals surface area contributed by atoms with E-state index in [1.807, 2.05) is 0 Å². The van der Waals surface area contributed by atoms with Gasteiger partial charge >= 0.3 is 0 Å². The maximum atomic E-state index is 3.96. The molecule has 3 atom stereocenters. The molecule has 2 fully saturated rings. The number of hydrogen-bond donors (Lipinski definition) is 1. The van der Waals surface area contributed by atoms with Crippen LogP contribution in [0.25, 0.3) is 0 Å². The highest BCUT2D eigenvalue weighted by Crippen LogP contribution is 2.43. The van der Waals surface area contributed by atoms with Gasteiger partial charge < -0.3 is 5.32 Å². The molecule has 0 aliphatic heterocycles. The van der Waals surface area contributed by atoms with Gasteiger partial charge in [0.1, 0.15) is 0 Å². The molecule has 0 aromatic rings. The molecule has 0 aromatic carbocycles. The lowest BCUT2D eigenvalue weighted by molar-refractivity contribution is 0.178. The zero-order valence-electron chi connectivity index (χ0n) is 13.7. The summed E-state index contributed by atoms with van der Waals surface area (Å²) in [7, 11) is 0. The monoisotopic (exact) mass is 265 g/mol. The SMILES string of the molecule is CC(C)CC1(CNC2CCC(C)C(C)C2)CCCC1. The summed E-state index contributed by atoms with van der Waals surface area (Å²) >= 11 is 0. The maximum Gasteiger partial charge on any atom is 0.00700 e. The topological polar surface area (TPSA) is 12.0 Å². The van der Waals surface area contributed by atoms with Crippen LogP contribution in [-0.2, 0) is 0 Å². The average molecular weight is 265 g/mol. The van der Waals surface area contributed by atoms with E-state index in [1.54, 1.807) is 0 Å². The first-order valence-electron chi connectivity index (χ1n) is 8.74.